The van der Waals surface area contributed by atoms with Gasteiger partial charge in [-0.05, 0) is 37.7 Å². The van der Waals surface area contributed by atoms with E-state index in [1.165, 1.54) is 5.56 Å². The number of thiocarbonyl (C=S) groups is 1. The molecule has 0 radical (unpaired) electrons. The number of aromatic nitrogens is 2. The molecule has 2 N–H and O–H groups in total. The fourth-order valence-electron chi connectivity index (χ4n) is 2.07. The van der Waals surface area contributed by atoms with E-state index in [0.29, 0.717) is 11.7 Å². The van der Waals surface area contributed by atoms with E-state index in [1.807, 2.05) is 36.9 Å². The Morgan fingerprint density at radius 1 is 1.35 bits per heavy atom. The first-order valence-corrected chi connectivity index (χ1v) is 7.06. The average molecular weight is 288 g/mol. The molecule has 0 aliphatic rings. The van der Waals surface area contributed by atoms with Crippen molar-refractivity contribution in [2.75, 3.05) is 0 Å². The van der Waals surface area contributed by atoms with Crippen LogP contribution in [0.4, 0.5) is 0 Å². The molecule has 1 heterocycles. The van der Waals surface area contributed by atoms with Gasteiger partial charge in [0.05, 0.1) is 24.0 Å². The number of hydrogen-bond donors (Lipinski definition) is 2. The van der Waals surface area contributed by atoms with Crippen LogP contribution in [0.3, 0.4) is 0 Å². The first-order chi connectivity index (χ1) is 9.56. The minimum atomic E-state index is 0.185. The standard InChI is InChI=1S/C15H20N4S/c1-11-9-14(19(3)18-11)10-16-15(20)17-12(2)13-7-5-4-6-8-13/h4-9,12H,10H2,1-3H3,(H2,16,17,20). The van der Waals surface area contributed by atoms with Gasteiger partial charge in [0.1, 0.15) is 0 Å². The monoisotopic (exact) mass is 288 g/mol. The van der Waals surface area contributed by atoms with Crippen LogP contribution in [-0.2, 0) is 13.6 Å². The van der Waals surface area contributed by atoms with E-state index >= 15 is 0 Å². The Kier molecular flexibility index (Phi) is 4.74. The third kappa shape index (κ3) is 3.81. The predicted octanol–water partition coefficient (Wildman–Crippen LogP) is 2.45. The topological polar surface area (TPSA) is 41.9 Å². The molecule has 1 atom stereocenters. The molecule has 1 unspecified atom stereocenters. The predicted molar refractivity (Wildman–Crippen MR) is 85.4 cm³/mol. The molecule has 1 aromatic carbocycles. The van der Waals surface area contributed by atoms with Gasteiger partial charge in [0, 0.05) is 7.05 Å². The summed E-state index contributed by atoms with van der Waals surface area (Å²) in [6.45, 7) is 4.75. The highest BCUT2D eigenvalue weighted by Crippen LogP contribution is 2.10. The molecule has 20 heavy (non-hydrogen) atoms. The van der Waals surface area contributed by atoms with Gasteiger partial charge >= 0.3 is 0 Å². The summed E-state index contributed by atoms with van der Waals surface area (Å²) in [6.07, 6.45) is 0. The van der Waals surface area contributed by atoms with Crippen molar-refractivity contribution in [1.82, 2.24) is 20.4 Å². The fourth-order valence-corrected chi connectivity index (χ4v) is 2.32. The molecular weight excluding hydrogens is 268 g/mol. The lowest BCUT2D eigenvalue weighted by Gasteiger charge is -2.17. The summed E-state index contributed by atoms with van der Waals surface area (Å²) >= 11 is 5.33. The zero-order chi connectivity index (χ0) is 14.5. The fraction of sp³-hybridized carbons (Fsp3) is 0.333. The summed E-state index contributed by atoms with van der Waals surface area (Å²) in [6, 6.07) is 12.5. The Bertz CT molecular complexity index is 577. The molecule has 0 saturated heterocycles. The lowest BCUT2D eigenvalue weighted by atomic mass is 10.1. The van der Waals surface area contributed by atoms with Crippen LogP contribution in [0.25, 0.3) is 0 Å². The van der Waals surface area contributed by atoms with Crippen LogP contribution in [0, 0.1) is 6.92 Å². The summed E-state index contributed by atoms with van der Waals surface area (Å²) in [7, 11) is 1.94. The van der Waals surface area contributed by atoms with E-state index in [1.54, 1.807) is 0 Å². The highest BCUT2D eigenvalue weighted by molar-refractivity contribution is 7.80. The molecule has 0 saturated carbocycles. The molecule has 2 aromatic rings. The molecule has 106 valence electrons. The molecule has 0 spiro atoms. The Labute approximate surface area is 125 Å². The summed E-state index contributed by atoms with van der Waals surface area (Å²) in [4.78, 5) is 0. The van der Waals surface area contributed by atoms with Crippen molar-refractivity contribution < 1.29 is 0 Å². The molecule has 2 rings (SSSR count). The summed E-state index contributed by atoms with van der Waals surface area (Å²) in [5.41, 5.74) is 3.34. The Morgan fingerprint density at radius 3 is 2.65 bits per heavy atom. The lowest BCUT2D eigenvalue weighted by molar-refractivity contribution is 0.666. The minimum Gasteiger partial charge on any atom is -0.357 e. The van der Waals surface area contributed by atoms with Crippen molar-refractivity contribution in [3.8, 4) is 0 Å². The van der Waals surface area contributed by atoms with E-state index in [-0.39, 0.29) is 6.04 Å². The second-order valence-corrected chi connectivity index (χ2v) is 5.27. The molecule has 1 aromatic heterocycles. The number of nitrogens with one attached hydrogen (secondary N) is 2. The minimum absolute atomic E-state index is 0.185. The van der Waals surface area contributed by atoms with Crippen LogP contribution in [0.5, 0.6) is 0 Å². The van der Waals surface area contributed by atoms with Crippen LogP contribution in [0.1, 0.15) is 29.9 Å². The second kappa shape index (κ2) is 6.52. The van der Waals surface area contributed by atoms with Crippen molar-refractivity contribution in [2.24, 2.45) is 7.05 Å². The third-order valence-corrected chi connectivity index (χ3v) is 3.44. The second-order valence-electron chi connectivity index (χ2n) is 4.86. The van der Waals surface area contributed by atoms with Gasteiger partial charge in [-0.15, -0.1) is 0 Å². The first-order valence-electron chi connectivity index (χ1n) is 6.65. The quantitative estimate of drug-likeness (QED) is 0.848. The van der Waals surface area contributed by atoms with E-state index in [4.69, 9.17) is 12.2 Å². The summed E-state index contributed by atoms with van der Waals surface area (Å²) in [5, 5.41) is 11.5. The van der Waals surface area contributed by atoms with Crippen LogP contribution in [0.2, 0.25) is 0 Å². The maximum absolute atomic E-state index is 5.33. The van der Waals surface area contributed by atoms with Crippen molar-refractivity contribution in [3.05, 3.63) is 53.3 Å². The summed E-state index contributed by atoms with van der Waals surface area (Å²) < 4.78 is 1.87. The van der Waals surface area contributed by atoms with Crippen molar-refractivity contribution in [2.45, 2.75) is 26.4 Å². The number of nitrogens with zero attached hydrogens (tertiary/aromatic N) is 2. The van der Waals surface area contributed by atoms with Gasteiger partial charge in [-0.25, -0.2) is 0 Å². The molecular formula is C15H20N4S. The van der Waals surface area contributed by atoms with Gasteiger partial charge in [0.15, 0.2) is 5.11 Å². The van der Waals surface area contributed by atoms with E-state index in [0.717, 1.165) is 11.4 Å². The van der Waals surface area contributed by atoms with Crippen LogP contribution in [0.15, 0.2) is 36.4 Å². The molecule has 0 aliphatic heterocycles. The normalized spacial score (nSPS) is 11.9. The highest BCUT2D eigenvalue weighted by Gasteiger charge is 2.07. The molecule has 0 bridgehead atoms. The van der Waals surface area contributed by atoms with E-state index in [2.05, 4.69) is 40.9 Å². The number of benzene rings is 1. The molecule has 0 amide bonds. The zero-order valence-electron chi connectivity index (χ0n) is 12.1. The van der Waals surface area contributed by atoms with Gasteiger partial charge in [-0.1, -0.05) is 30.3 Å². The molecule has 0 fully saturated rings. The average Bonchev–Trinajstić information content (AvgIpc) is 2.75. The van der Waals surface area contributed by atoms with Crippen LogP contribution < -0.4 is 10.6 Å². The maximum Gasteiger partial charge on any atom is 0.167 e. The maximum atomic E-state index is 5.33. The Morgan fingerprint density at radius 2 is 2.05 bits per heavy atom. The smallest absolute Gasteiger partial charge is 0.167 e. The number of rotatable bonds is 4. The largest absolute Gasteiger partial charge is 0.357 e. The number of hydrogen-bond acceptors (Lipinski definition) is 2. The Hall–Kier alpha value is -1.88. The Balaban J connectivity index is 1.85. The van der Waals surface area contributed by atoms with E-state index < -0.39 is 0 Å². The molecule has 5 heteroatoms. The zero-order valence-corrected chi connectivity index (χ0v) is 12.9. The number of aryl methyl sites for hydroxylation is 2. The molecule has 0 aliphatic carbocycles. The molecule has 4 nitrogen and oxygen atoms in total. The highest BCUT2D eigenvalue weighted by atomic mass is 32.1. The van der Waals surface area contributed by atoms with Crippen molar-refractivity contribution >= 4 is 17.3 Å². The lowest BCUT2D eigenvalue weighted by Crippen LogP contribution is -2.36. The van der Waals surface area contributed by atoms with Gasteiger partial charge in [0.2, 0.25) is 0 Å². The van der Waals surface area contributed by atoms with Gasteiger partial charge < -0.3 is 10.6 Å². The van der Waals surface area contributed by atoms with E-state index in [9.17, 15) is 0 Å². The van der Waals surface area contributed by atoms with Gasteiger partial charge in [0.25, 0.3) is 0 Å². The van der Waals surface area contributed by atoms with Crippen molar-refractivity contribution in [1.29, 1.82) is 0 Å². The van der Waals surface area contributed by atoms with Crippen molar-refractivity contribution in [3.63, 3.8) is 0 Å². The first kappa shape index (κ1) is 14.5. The van der Waals surface area contributed by atoms with Gasteiger partial charge in [-0.2, -0.15) is 5.10 Å². The van der Waals surface area contributed by atoms with Gasteiger partial charge in [-0.3, -0.25) is 4.68 Å². The van der Waals surface area contributed by atoms with Crippen LogP contribution >= 0.6 is 12.2 Å². The SMILES string of the molecule is Cc1cc(CNC(=S)NC(C)c2ccccc2)n(C)n1. The third-order valence-electron chi connectivity index (χ3n) is 3.18. The summed E-state index contributed by atoms with van der Waals surface area (Å²) in [5.74, 6) is 0. The van der Waals surface area contributed by atoms with Crippen LogP contribution in [-0.4, -0.2) is 14.9 Å².